The van der Waals surface area contributed by atoms with Crippen LogP contribution in [0.3, 0.4) is 0 Å². The van der Waals surface area contributed by atoms with Gasteiger partial charge < -0.3 is 10.1 Å². The number of carbonyl (C=O) groups excluding carboxylic acids is 1. The van der Waals surface area contributed by atoms with E-state index < -0.39 is 5.60 Å². The fourth-order valence-corrected chi connectivity index (χ4v) is 1.96. The van der Waals surface area contributed by atoms with Crippen LogP contribution in [0.5, 0.6) is 0 Å². The second kappa shape index (κ2) is 4.62. The molecule has 1 amide bonds. The summed E-state index contributed by atoms with van der Waals surface area (Å²) in [4.78, 5) is 13.8. The van der Waals surface area contributed by atoms with E-state index in [1.54, 1.807) is 0 Å². The van der Waals surface area contributed by atoms with Gasteiger partial charge in [0, 0.05) is 12.1 Å². The zero-order chi connectivity index (χ0) is 12.4. The number of likely N-dealkylation sites (tertiary alicyclic amines) is 1. The monoisotopic (exact) mass is 228 g/mol. The maximum absolute atomic E-state index is 11.5. The molecule has 0 spiro atoms. The summed E-state index contributed by atoms with van der Waals surface area (Å²) in [5.41, 5.74) is -0.344. The zero-order valence-electron chi connectivity index (χ0n) is 11.1. The van der Waals surface area contributed by atoms with Crippen LogP contribution in [0.25, 0.3) is 0 Å². The van der Waals surface area contributed by atoms with Crippen molar-refractivity contribution >= 4 is 6.09 Å². The minimum atomic E-state index is -0.424. The number of likely N-dealkylation sites (N-methyl/N-ethyl adjacent to an activating group) is 1. The third-order valence-electron chi connectivity index (χ3n) is 3.14. The number of alkyl carbamates (subject to hydrolysis) is 1. The highest BCUT2D eigenvalue weighted by molar-refractivity contribution is 5.67. The predicted molar refractivity (Wildman–Crippen MR) is 64.5 cm³/mol. The van der Waals surface area contributed by atoms with Crippen molar-refractivity contribution in [2.24, 2.45) is 0 Å². The minimum Gasteiger partial charge on any atom is -0.444 e. The lowest BCUT2D eigenvalue weighted by molar-refractivity contribution is 0.0493. The van der Waals surface area contributed by atoms with E-state index in [1.807, 2.05) is 20.8 Å². The summed E-state index contributed by atoms with van der Waals surface area (Å²) in [6.07, 6.45) is 2.00. The van der Waals surface area contributed by atoms with Gasteiger partial charge in [0.15, 0.2) is 0 Å². The summed E-state index contributed by atoms with van der Waals surface area (Å²) in [6, 6.07) is 0. The van der Waals surface area contributed by atoms with Crippen LogP contribution < -0.4 is 5.32 Å². The predicted octanol–water partition coefficient (Wildman–Crippen LogP) is 2.00. The van der Waals surface area contributed by atoms with Gasteiger partial charge >= 0.3 is 6.09 Å². The van der Waals surface area contributed by atoms with Crippen LogP contribution >= 0.6 is 0 Å². The molecule has 1 unspecified atom stereocenters. The summed E-state index contributed by atoms with van der Waals surface area (Å²) in [6.45, 7) is 9.55. The molecule has 0 radical (unpaired) electrons. The van der Waals surface area contributed by atoms with Crippen LogP contribution in [0.1, 0.15) is 40.5 Å². The summed E-state index contributed by atoms with van der Waals surface area (Å²) >= 11 is 0. The molecule has 94 valence electrons. The van der Waals surface area contributed by atoms with E-state index in [0.717, 1.165) is 13.0 Å². The first-order valence-corrected chi connectivity index (χ1v) is 5.91. The van der Waals surface area contributed by atoms with Crippen molar-refractivity contribution < 1.29 is 9.53 Å². The van der Waals surface area contributed by atoms with Crippen LogP contribution in [0, 0.1) is 0 Å². The first-order chi connectivity index (χ1) is 7.23. The first-order valence-electron chi connectivity index (χ1n) is 5.91. The average molecular weight is 228 g/mol. The normalized spacial score (nSPS) is 26.8. The topological polar surface area (TPSA) is 41.6 Å². The number of ether oxygens (including phenoxy) is 1. The lowest BCUT2D eigenvalue weighted by atomic mass is 9.99. The van der Waals surface area contributed by atoms with Crippen molar-refractivity contribution in [2.45, 2.75) is 51.7 Å². The third kappa shape index (κ3) is 3.67. The molecule has 1 aliphatic heterocycles. The Morgan fingerprint density at radius 2 is 2.12 bits per heavy atom. The van der Waals surface area contributed by atoms with Crippen molar-refractivity contribution in [3.05, 3.63) is 0 Å². The Hall–Kier alpha value is -0.770. The molecule has 16 heavy (non-hydrogen) atoms. The Morgan fingerprint density at radius 1 is 1.50 bits per heavy atom. The quantitative estimate of drug-likeness (QED) is 0.786. The van der Waals surface area contributed by atoms with E-state index in [4.69, 9.17) is 4.74 Å². The van der Waals surface area contributed by atoms with E-state index in [0.29, 0.717) is 6.54 Å². The van der Waals surface area contributed by atoms with Crippen molar-refractivity contribution in [1.82, 2.24) is 10.2 Å². The SMILES string of the molecule is CN1CCCC1(C)CNC(=O)OC(C)(C)C. The van der Waals surface area contributed by atoms with E-state index >= 15 is 0 Å². The van der Waals surface area contributed by atoms with Crippen molar-refractivity contribution in [1.29, 1.82) is 0 Å². The van der Waals surface area contributed by atoms with Crippen molar-refractivity contribution in [3.63, 3.8) is 0 Å². The van der Waals surface area contributed by atoms with Crippen molar-refractivity contribution in [3.8, 4) is 0 Å². The van der Waals surface area contributed by atoms with Crippen LogP contribution in [-0.2, 0) is 4.74 Å². The summed E-state index contributed by atoms with van der Waals surface area (Å²) < 4.78 is 5.21. The molecule has 1 atom stereocenters. The molecule has 1 N–H and O–H groups in total. The van der Waals surface area contributed by atoms with Crippen LogP contribution in [0.4, 0.5) is 4.79 Å². The van der Waals surface area contributed by atoms with Gasteiger partial charge in [0.2, 0.25) is 0 Å². The lowest BCUT2D eigenvalue weighted by Crippen LogP contribution is -2.49. The molecular formula is C12H24N2O2. The number of nitrogens with one attached hydrogen (secondary N) is 1. The van der Waals surface area contributed by atoms with Gasteiger partial charge in [0.05, 0.1) is 0 Å². The summed E-state index contributed by atoms with van der Waals surface area (Å²) in [7, 11) is 2.10. The van der Waals surface area contributed by atoms with Gasteiger partial charge in [-0.2, -0.15) is 0 Å². The van der Waals surface area contributed by atoms with Gasteiger partial charge in [-0.25, -0.2) is 4.79 Å². The summed E-state index contributed by atoms with van der Waals surface area (Å²) in [5.74, 6) is 0. The Labute approximate surface area is 98.3 Å². The number of carbonyl (C=O) groups is 1. The van der Waals surface area contributed by atoms with Crippen LogP contribution in [0.15, 0.2) is 0 Å². The standard InChI is InChI=1S/C12H24N2O2/c1-11(2,3)16-10(15)13-9-12(4)7-6-8-14(12)5/h6-9H2,1-5H3,(H,13,15). The highest BCUT2D eigenvalue weighted by atomic mass is 16.6. The smallest absolute Gasteiger partial charge is 0.407 e. The lowest BCUT2D eigenvalue weighted by Gasteiger charge is -2.32. The van der Waals surface area contributed by atoms with Crippen LogP contribution in [-0.4, -0.2) is 42.3 Å². The van der Waals surface area contributed by atoms with Gasteiger partial charge in [-0.3, -0.25) is 4.90 Å². The number of amides is 1. The maximum Gasteiger partial charge on any atom is 0.407 e. The van der Waals surface area contributed by atoms with Gasteiger partial charge in [0.25, 0.3) is 0 Å². The maximum atomic E-state index is 11.5. The van der Waals surface area contributed by atoms with Gasteiger partial charge in [-0.1, -0.05) is 0 Å². The molecule has 4 nitrogen and oxygen atoms in total. The fraction of sp³-hybridized carbons (Fsp3) is 0.917. The highest BCUT2D eigenvalue weighted by Gasteiger charge is 2.34. The van der Waals surface area contributed by atoms with Gasteiger partial charge in [-0.05, 0) is 54.1 Å². The summed E-state index contributed by atoms with van der Waals surface area (Å²) in [5, 5.41) is 2.85. The Morgan fingerprint density at radius 3 is 2.56 bits per heavy atom. The Bertz CT molecular complexity index is 260. The van der Waals surface area contributed by atoms with E-state index in [9.17, 15) is 4.79 Å². The molecular weight excluding hydrogens is 204 g/mol. The van der Waals surface area contributed by atoms with Crippen LogP contribution in [0.2, 0.25) is 0 Å². The number of hydrogen-bond donors (Lipinski definition) is 1. The zero-order valence-corrected chi connectivity index (χ0v) is 11.1. The van der Waals surface area contributed by atoms with E-state index in [-0.39, 0.29) is 11.6 Å². The second-order valence-electron chi connectivity index (χ2n) is 5.88. The molecule has 0 aliphatic carbocycles. The molecule has 1 saturated heterocycles. The largest absolute Gasteiger partial charge is 0.444 e. The first kappa shape index (κ1) is 13.3. The molecule has 1 aliphatic rings. The molecule has 1 fully saturated rings. The van der Waals surface area contributed by atoms with E-state index in [1.165, 1.54) is 6.42 Å². The highest BCUT2D eigenvalue weighted by Crippen LogP contribution is 2.26. The second-order valence-corrected chi connectivity index (χ2v) is 5.88. The number of hydrogen-bond acceptors (Lipinski definition) is 3. The minimum absolute atomic E-state index is 0.0803. The molecule has 4 heteroatoms. The molecule has 0 aromatic heterocycles. The molecule has 0 saturated carbocycles. The fourth-order valence-electron chi connectivity index (χ4n) is 1.96. The Kier molecular flexibility index (Phi) is 3.84. The molecule has 0 aromatic rings. The molecule has 1 rings (SSSR count). The van der Waals surface area contributed by atoms with E-state index in [2.05, 4.69) is 24.2 Å². The molecule has 1 heterocycles. The average Bonchev–Trinajstić information content (AvgIpc) is 2.42. The third-order valence-corrected chi connectivity index (χ3v) is 3.14. The number of nitrogens with zero attached hydrogens (tertiary/aromatic N) is 1. The van der Waals surface area contributed by atoms with Crippen molar-refractivity contribution in [2.75, 3.05) is 20.1 Å². The van der Waals surface area contributed by atoms with Gasteiger partial charge in [-0.15, -0.1) is 0 Å². The molecule has 0 bridgehead atoms. The Balaban J connectivity index is 2.37. The molecule has 0 aromatic carbocycles. The number of rotatable bonds is 2. The van der Waals surface area contributed by atoms with Gasteiger partial charge in [0.1, 0.15) is 5.60 Å².